The van der Waals surface area contributed by atoms with Crippen molar-refractivity contribution in [3.63, 3.8) is 0 Å². The number of rotatable bonds is 4. The van der Waals surface area contributed by atoms with Gasteiger partial charge in [0.15, 0.2) is 0 Å². The van der Waals surface area contributed by atoms with Crippen LogP contribution in [0.2, 0.25) is 0 Å². The second-order valence-electron chi connectivity index (χ2n) is 5.26. The van der Waals surface area contributed by atoms with Crippen molar-refractivity contribution >= 4 is 25.7 Å². The van der Waals surface area contributed by atoms with E-state index in [0.717, 1.165) is 37.8 Å². The van der Waals surface area contributed by atoms with Crippen molar-refractivity contribution in [1.82, 2.24) is 0 Å². The maximum Gasteiger partial charge on any atom is 0.338 e. The summed E-state index contributed by atoms with van der Waals surface area (Å²) in [5, 5.41) is 0. The van der Waals surface area contributed by atoms with Gasteiger partial charge in [-0.3, -0.25) is 0 Å². The molecule has 116 valence electrons. The van der Waals surface area contributed by atoms with E-state index < -0.39 is 25.7 Å². The molecule has 0 atom stereocenters. The zero-order valence-electron chi connectivity index (χ0n) is 11.6. The number of hydrogen-bond acceptors (Lipinski definition) is 4. The lowest BCUT2D eigenvalue weighted by Gasteiger charge is -2.12. The quantitative estimate of drug-likeness (QED) is 0.625. The molecule has 1 saturated carbocycles. The molecule has 0 saturated heterocycles. The summed E-state index contributed by atoms with van der Waals surface area (Å²) in [4.78, 5) is 11.6. The van der Waals surface area contributed by atoms with Gasteiger partial charge in [0, 0.05) is 10.7 Å². The van der Waals surface area contributed by atoms with E-state index >= 15 is 0 Å². The van der Waals surface area contributed by atoms with E-state index in [9.17, 15) is 17.6 Å². The molecule has 1 aliphatic rings. The highest BCUT2D eigenvalue weighted by Crippen LogP contribution is 2.27. The average molecular weight is 335 g/mol. The van der Waals surface area contributed by atoms with E-state index in [-0.39, 0.29) is 17.7 Å². The van der Waals surface area contributed by atoms with E-state index in [1.807, 2.05) is 0 Å². The highest BCUT2D eigenvalue weighted by molar-refractivity contribution is 8.13. The smallest absolute Gasteiger partial charge is 0.338 e. The van der Waals surface area contributed by atoms with Crippen LogP contribution in [0.3, 0.4) is 0 Å². The second-order valence-corrected chi connectivity index (χ2v) is 7.80. The van der Waals surface area contributed by atoms with Gasteiger partial charge in [-0.25, -0.2) is 17.6 Å². The van der Waals surface area contributed by atoms with Crippen molar-refractivity contribution < 1.29 is 22.3 Å². The van der Waals surface area contributed by atoms with Crippen LogP contribution in [0, 0.1) is 18.7 Å². The number of halogens is 2. The van der Waals surface area contributed by atoms with Crippen molar-refractivity contribution in [1.29, 1.82) is 0 Å². The molecule has 0 radical (unpaired) electrons. The van der Waals surface area contributed by atoms with Gasteiger partial charge in [0.05, 0.1) is 17.1 Å². The first-order valence-electron chi connectivity index (χ1n) is 6.71. The Balaban J connectivity index is 2.22. The van der Waals surface area contributed by atoms with Crippen LogP contribution in [-0.4, -0.2) is 21.0 Å². The van der Waals surface area contributed by atoms with Crippen LogP contribution in [0.5, 0.6) is 0 Å². The normalized spacial score (nSPS) is 16.1. The van der Waals surface area contributed by atoms with Gasteiger partial charge in [-0.05, 0) is 43.4 Å². The lowest BCUT2D eigenvalue weighted by atomic mass is 10.1. The van der Waals surface area contributed by atoms with E-state index in [4.69, 9.17) is 15.4 Å². The Morgan fingerprint density at radius 3 is 2.57 bits per heavy atom. The lowest BCUT2D eigenvalue weighted by molar-refractivity contribution is 0.0441. The molecule has 0 N–H and O–H groups in total. The zero-order chi connectivity index (χ0) is 15.6. The van der Waals surface area contributed by atoms with Crippen molar-refractivity contribution in [2.45, 2.75) is 37.5 Å². The Kier molecular flexibility index (Phi) is 4.88. The van der Waals surface area contributed by atoms with Crippen LogP contribution in [0.25, 0.3) is 0 Å². The molecule has 0 spiro atoms. The fourth-order valence-corrected chi connectivity index (χ4v) is 3.78. The van der Waals surface area contributed by atoms with Crippen molar-refractivity contribution in [3.8, 4) is 0 Å². The molecule has 21 heavy (non-hydrogen) atoms. The van der Waals surface area contributed by atoms with Gasteiger partial charge < -0.3 is 4.74 Å². The largest absolute Gasteiger partial charge is 0.462 e. The molecule has 2 rings (SSSR count). The summed E-state index contributed by atoms with van der Waals surface area (Å²) in [5.74, 6) is -1.23. The van der Waals surface area contributed by atoms with Crippen LogP contribution < -0.4 is 0 Å². The molecule has 0 heterocycles. The fourth-order valence-electron chi connectivity index (χ4n) is 2.57. The van der Waals surface area contributed by atoms with E-state index in [1.54, 1.807) is 0 Å². The van der Waals surface area contributed by atoms with Gasteiger partial charge >= 0.3 is 5.97 Å². The molecule has 1 fully saturated rings. The monoisotopic (exact) mass is 334 g/mol. The third-order valence-electron chi connectivity index (χ3n) is 3.73. The summed E-state index contributed by atoms with van der Waals surface area (Å²) in [7, 11) is 1.13. The number of hydrogen-bond donors (Lipinski definition) is 0. The minimum Gasteiger partial charge on any atom is -0.462 e. The first-order chi connectivity index (χ1) is 9.79. The third-order valence-corrected chi connectivity index (χ3v) is 5.18. The standard InChI is InChI=1S/C14H16ClFO4S/c1-9-12(6-11(16)7-13(9)21(15,18)19)14(17)20-8-10-4-2-3-5-10/h6-7,10H,2-5,8H2,1H3. The van der Waals surface area contributed by atoms with Gasteiger partial charge in [0.25, 0.3) is 9.05 Å². The molecule has 0 aliphatic heterocycles. The molecule has 0 amide bonds. The molecular formula is C14H16ClFO4S. The molecule has 0 unspecified atom stereocenters. The molecular weight excluding hydrogens is 319 g/mol. The van der Waals surface area contributed by atoms with E-state index in [2.05, 4.69) is 0 Å². The maximum atomic E-state index is 13.5. The SMILES string of the molecule is Cc1c(C(=O)OCC2CCCC2)cc(F)cc1S(=O)(=O)Cl. The summed E-state index contributed by atoms with van der Waals surface area (Å²) in [6, 6.07) is 1.77. The maximum absolute atomic E-state index is 13.5. The lowest BCUT2D eigenvalue weighted by Crippen LogP contribution is -2.14. The predicted octanol–water partition coefficient (Wildman–Crippen LogP) is 3.41. The molecule has 0 aromatic heterocycles. The highest BCUT2D eigenvalue weighted by atomic mass is 35.7. The Labute approximate surface area is 127 Å². The number of ether oxygens (including phenoxy) is 1. The Morgan fingerprint density at radius 1 is 1.38 bits per heavy atom. The first kappa shape index (κ1) is 16.2. The van der Waals surface area contributed by atoms with E-state index in [1.165, 1.54) is 6.92 Å². The zero-order valence-corrected chi connectivity index (χ0v) is 13.1. The van der Waals surface area contributed by atoms with Crippen LogP contribution in [-0.2, 0) is 13.8 Å². The van der Waals surface area contributed by atoms with Gasteiger partial charge in [0.1, 0.15) is 5.82 Å². The molecule has 1 aromatic carbocycles. The van der Waals surface area contributed by atoms with Gasteiger partial charge in [-0.2, -0.15) is 0 Å². The number of benzene rings is 1. The summed E-state index contributed by atoms with van der Waals surface area (Å²) in [6.45, 7) is 1.68. The van der Waals surface area contributed by atoms with Crippen LogP contribution in [0.4, 0.5) is 4.39 Å². The van der Waals surface area contributed by atoms with E-state index in [0.29, 0.717) is 5.92 Å². The minimum absolute atomic E-state index is 0.0998. The van der Waals surface area contributed by atoms with Crippen molar-refractivity contribution in [2.24, 2.45) is 5.92 Å². The molecule has 4 nitrogen and oxygen atoms in total. The number of carbonyl (C=O) groups is 1. The number of carbonyl (C=O) groups excluding carboxylic acids is 1. The molecule has 0 bridgehead atoms. The summed E-state index contributed by atoms with van der Waals surface area (Å²) < 4.78 is 41.5. The second kappa shape index (κ2) is 6.32. The van der Waals surface area contributed by atoms with Crippen molar-refractivity contribution in [2.75, 3.05) is 6.61 Å². The Hall–Kier alpha value is -1.14. The van der Waals surface area contributed by atoms with Gasteiger partial charge in [-0.1, -0.05) is 12.8 Å². The Morgan fingerprint density at radius 2 is 2.00 bits per heavy atom. The van der Waals surface area contributed by atoms with Crippen LogP contribution in [0.15, 0.2) is 17.0 Å². The van der Waals surface area contributed by atoms with Crippen LogP contribution >= 0.6 is 10.7 Å². The molecule has 1 aromatic rings. The fraction of sp³-hybridized carbons (Fsp3) is 0.500. The Bertz CT molecular complexity index is 651. The van der Waals surface area contributed by atoms with Crippen LogP contribution in [0.1, 0.15) is 41.6 Å². The average Bonchev–Trinajstić information content (AvgIpc) is 2.90. The van der Waals surface area contributed by atoms with Gasteiger partial charge in [-0.15, -0.1) is 0 Å². The number of esters is 1. The minimum atomic E-state index is -4.12. The topological polar surface area (TPSA) is 60.4 Å². The van der Waals surface area contributed by atoms with Crippen molar-refractivity contribution in [3.05, 3.63) is 29.1 Å². The summed E-state index contributed by atoms with van der Waals surface area (Å²) in [5.41, 5.74) is -0.00459. The van der Waals surface area contributed by atoms with Gasteiger partial charge in [0.2, 0.25) is 0 Å². The molecule has 7 heteroatoms. The summed E-state index contributed by atoms with van der Waals surface area (Å²) in [6.07, 6.45) is 4.26. The predicted molar refractivity (Wildman–Crippen MR) is 76.4 cm³/mol. The summed E-state index contributed by atoms with van der Waals surface area (Å²) >= 11 is 0. The molecule has 1 aliphatic carbocycles. The highest BCUT2D eigenvalue weighted by Gasteiger charge is 2.23. The third kappa shape index (κ3) is 3.95. The first-order valence-corrected chi connectivity index (χ1v) is 9.02.